The van der Waals surface area contributed by atoms with Crippen molar-refractivity contribution in [3.8, 4) is 0 Å². The van der Waals surface area contributed by atoms with E-state index in [0.29, 0.717) is 19.8 Å². The normalized spacial score (nSPS) is 11.0. The van der Waals surface area contributed by atoms with Crippen LogP contribution >= 0.6 is 0 Å². The number of rotatable bonds is 6. The maximum absolute atomic E-state index is 5.08. The molecule has 0 bridgehead atoms. The van der Waals surface area contributed by atoms with E-state index < -0.39 is 6.48 Å². The van der Waals surface area contributed by atoms with Crippen LogP contribution in [0, 0.1) is 0 Å². The second-order valence-corrected chi connectivity index (χ2v) is 5.02. The van der Waals surface area contributed by atoms with Crippen LogP contribution in [-0.2, 0) is 21.3 Å². The predicted molar refractivity (Wildman–Crippen MR) is 94.7 cm³/mol. The molecule has 0 saturated heterocycles. The number of hydrogen-bond donors (Lipinski definition) is 0. The molecule has 2 aromatic heterocycles. The van der Waals surface area contributed by atoms with E-state index >= 15 is 0 Å². The monoisotopic (exact) mass is 331 g/mol. The molecule has 0 spiro atoms. The van der Waals surface area contributed by atoms with Crippen molar-refractivity contribution in [1.29, 1.82) is 0 Å². The number of nitrogens with zero attached hydrogens (tertiary/aromatic N) is 3. The Morgan fingerprint density at radius 3 is 2.17 bits per heavy atom. The molecule has 2 heterocycles. The molecule has 3 aromatic rings. The Labute approximate surface area is 142 Å². The van der Waals surface area contributed by atoms with Gasteiger partial charge in [0.25, 0.3) is 6.48 Å². The van der Waals surface area contributed by atoms with E-state index in [0.717, 1.165) is 21.9 Å². The Kier molecular flexibility index (Phi) is 7.11. The highest BCUT2D eigenvalue weighted by Crippen LogP contribution is 2.21. The standard InChI is InChI=1S/C11H9N3.C7H16O3/c1-14-7-13-10-6-12-9-5-3-2-4-8(9)11(10)14;1-4-8-7(9-5-2)10-6-3/h2-7H,1H3;7H,4-6H2,1-3H3. The molecule has 0 saturated carbocycles. The van der Waals surface area contributed by atoms with E-state index in [9.17, 15) is 0 Å². The van der Waals surface area contributed by atoms with Gasteiger partial charge in [-0.3, -0.25) is 4.98 Å². The minimum absolute atomic E-state index is 0.472. The molecule has 0 unspecified atom stereocenters. The van der Waals surface area contributed by atoms with Gasteiger partial charge in [-0.25, -0.2) is 4.98 Å². The first-order valence-electron chi connectivity index (χ1n) is 8.20. The second kappa shape index (κ2) is 9.32. The number of aryl methyl sites for hydroxylation is 1. The predicted octanol–water partition coefficient (Wildman–Crippen LogP) is 3.50. The molecule has 0 N–H and O–H groups in total. The highest BCUT2D eigenvalue weighted by molar-refractivity contribution is 6.01. The molecule has 0 atom stereocenters. The number of imidazole rings is 1. The lowest BCUT2D eigenvalue weighted by Crippen LogP contribution is -2.20. The fourth-order valence-corrected chi connectivity index (χ4v) is 2.34. The fourth-order valence-electron chi connectivity index (χ4n) is 2.34. The number of para-hydroxylation sites is 1. The summed E-state index contributed by atoms with van der Waals surface area (Å²) in [6.07, 6.45) is 3.64. The third-order valence-electron chi connectivity index (χ3n) is 3.36. The zero-order chi connectivity index (χ0) is 17.4. The van der Waals surface area contributed by atoms with Gasteiger partial charge in [-0.1, -0.05) is 18.2 Å². The molecule has 3 rings (SSSR count). The number of aromatic nitrogens is 3. The van der Waals surface area contributed by atoms with Gasteiger partial charge < -0.3 is 18.8 Å². The molecule has 0 aliphatic rings. The maximum Gasteiger partial charge on any atom is 0.271 e. The van der Waals surface area contributed by atoms with Crippen LogP contribution in [0.3, 0.4) is 0 Å². The van der Waals surface area contributed by atoms with E-state index in [-0.39, 0.29) is 0 Å². The van der Waals surface area contributed by atoms with Gasteiger partial charge in [-0.05, 0) is 26.8 Å². The van der Waals surface area contributed by atoms with Crippen molar-refractivity contribution < 1.29 is 14.2 Å². The van der Waals surface area contributed by atoms with E-state index in [1.54, 1.807) is 0 Å². The van der Waals surface area contributed by atoms with Gasteiger partial charge in [-0.2, -0.15) is 0 Å². The molecule has 6 heteroatoms. The summed E-state index contributed by atoms with van der Waals surface area (Å²) in [4.78, 5) is 8.62. The quantitative estimate of drug-likeness (QED) is 0.647. The molecule has 1 aromatic carbocycles. The van der Waals surface area contributed by atoms with Crippen molar-refractivity contribution in [3.63, 3.8) is 0 Å². The van der Waals surface area contributed by atoms with Crippen molar-refractivity contribution in [2.75, 3.05) is 19.8 Å². The third kappa shape index (κ3) is 4.50. The van der Waals surface area contributed by atoms with Crippen LogP contribution in [0.25, 0.3) is 21.9 Å². The largest absolute Gasteiger partial charge is 0.333 e. The summed E-state index contributed by atoms with van der Waals surface area (Å²) in [5, 5.41) is 1.16. The van der Waals surface area contributed by atoms with Crippen molar-refractivity contribution in [2.24, 2.45) is 7.05 Å². The average molecular weight is 331 g/mol. The Hall–Kier alpha value is -2.02. The van der Waals surface area contributed by atoms with Gasteiger partial charge in [0.2, 0.25) is 0 Å². The minimum Gasteiger partial charge on any atom is -0.333 e. The van der Waals surface area contributed by atoms with Gasteiger partial charge in [-0.15, -0.1) is 0 Å². The van der Waals surface area contributed by atoms with Gasteiger partial charge in [0.1, 0.15) is 5.52 Å². The highest BCUT2D eigenvalue weighted by atomic mass is 16.8. The Morgan fingerprint density at radius 2 is 1.54 bits per heavy atom. The average Bonchev–Trinajstić information content (AvgIpc) is 2.98. The summed E-state index contributed by atoms with van der Waals surface area (Å²) >= 11 is 0. The molecular weight excluding hydrogens is 306 g/mol. The molecule has 0 radical (unpaired) electrons. The zero-order valence-electron chi connectivity index (χ0n) is 14.7. The molecule has 24 heavy (non-hydrogen) atoms. The van der Waals surface area contributed by atoms with Crippen LogP contribution in [0.15, 0.2) is 36.8 Å². The molecule has 0 aliphatic carbocycles. The van der Waals surface area contributed by atoms with Crippen LogP contribution < -0.4 is 0 Å². The first-order valence-corrected chi connectivity index (χ1v) is 8.20. The molecular formula is C18H25N3O3. The SMILES string of the molecule is CCOC(OCC)OCC.Cn1cnc2cnc3ccccc3c21. The van der Waals surface area contributed by atoms with Crippen LogP contribution in [0.1, 0.15) is 20.8 Å². The van der Waals surface area contributed by atoms with Crippen molar-refractivity contribution >= 4 is 21.9 Å². The van der Waals surface area contributed by atoms with Gasteiger partial charge in [0.15, 0.2) is 0 Å². The molecule has 0 fully saturated rings. The topological polar surface area (TPSA) is 58.4 Å². The van der Waals surface area contributed by atoms with Crippen molar-refractivity contribution in [1.82, 2.24) is 14.5 Å². The first-order chi connectivity index (χ1) is 11.7. The smallest absolute Gasteiger partial charge is 0.271 e. The number of pyridine rings is 1. The maximum atomic E-state index is 5.08. The van der Waals surface area contributed by atoms with Crippen molar-refractivity contribution in [3.05, 3.63) is 36.8 Å². The van der Waals surface area contributed by atoms with E-state index in [2.05, 4.69) is 16.0 Å². The summed E-state index contributed by atoms with van der Waals surface area (Å²) in [6, 6.07) is 8.11. The van der Waals surface area contributed by atoms with Gasteiger partial charge in [0.05, 0.1) is 23.6 Å². The van der Waals surface area contributed by atoms with Crippen molar-refractivity contribution in [2.45, 2.75) is 27.2 Å². The highest BCUT2D eigenvalue weighted by Gasteiger charge is 2.05. The molecule has 0 amide bonds. The summed E-state index contributed by atoms with van der Waals surface area (Å²) in [5.74, 6) is 0. The van der Waals surface area contributed by atoms with E-state index in [4.69, 9.17) is 14.2 Å². The van der Waals surface area contributed by atoms with Gasteiger partial charge in [0, 0.05) is 32.3 Å². The third-order valence-corrected chi connectivity index (χ3v) is 3.36. The molecule has 0 aliphatic heterocycles. The van der Waals surface area contributed by atoms with E-state index in [1.807, 2.05) is 63.1 Å². The van der Waals surface area contributed by atoms with Crippen LogP contribution in [0.4, 0.5) is 0 Å². The molecule has 6 nitrogen and oxygen atoms in total. The number of fused-ring (bicyclic) bond motifs is 3. The number of ether oxygens (including phenoxy) is 3. The van der Waals surface area contributed by atoms with Gasteiger partial charge >= 0.3 is 0 Å². The molecule has 130 valence electrons. The zero-order valence-corrected chi connectivity index (χ0v) is 14.7. The Bertz CT molecular complexity index is 743. The second-order valence-electron chi connectivity index (χ2n) is 5.02. The summed E-state index contributed by atoms with van der Waals surface area (Å²) in [6.45, 7) is 7.10. The lowest BCUT2D eigenvalue weighted by Gasteiger charge is -2.15. The lowest BCUT2D eigenvalue weighted by molar-refractivity contribution is -0.282. The van der Waals surface area contributed by atoms with Crippen LogP contribution in [-0.4, -0.2) is 40.8 Å². The lowest BCUT2D eigenvalue weighted by atomic mass is 10.2. The van der Waals surface area contributed by atoms with Crippen LogP contribution in [0.5, 0.6) is 0 Å². The fraction of sp³-hybridized carbons (Fsp3) is 0.444. The number of benzene rings is 1. The van der Waals surface area contributed by atoms with E-state index in [1.165, 1.54) is 0 Å². The first kappa shape index (κ1) is 18.3. The summed E-state index contributed by atoms with van der Waals surface area (Å²) < 4.78 is 17.3. The Morgan fingerprint density at radius 1 is 0.917 bits per heavy atom. The minimum atomic E-state index is -0.472. The summed E-state index contributed by atoms with van der Waals surface area (Å²) in [7, 11) is 2.00. The Balaban J connectivity index is 0.000000187. The summed E-state index contributed by atoms with van der Waals surface area (Å²) in [5.41, 5.74) is 3.12. The van der Waals surface area contributed by atoms with Crippen LogP contribution in [0.2, 0.25) is 0 Å². The number of hydrogen-bond acceptors (Lipinski definition) is 5.